The van der Waals surface area contributed by atoms with Crippen LogP contribution in [0.25, 0.3) is 0 Å². The third kappa shape index (κ3) is 2.36. The Morgan fingerprint density at radius 1 is 1.56 bits per heavy atom. The van der Waals surface area contributed by atoms with Gasteiger partial charge in [0.1, 0.15) is 11.8 Å². The number of fused-ring (bicyclic) bond motifs is 1. The first-order chi connectivity index (χ1) is 12.1. The van der Waals surface area contributed by atoms with Gasteiger partial charge >= 0.3 is 0 Å². The summed E-state index contributed by atoms with van der Waals surface area (Å²) in [7, 11) is 0. The minimum Gasteiger partial charge on any atom is -0.425 e. The second-order valence-corrected chi connectivity index (χ2v) is 7.12. The molecule has 2 aromatic heterocycles. The zero-order chi connectivity index (χ0) is 17.6. The van der Waals surface area contributed by atoms with E-state index >= 15 is 0 Å². The van der Waals surface area contributed by atoms with Crippen LogP contribution in [0.15, 0.2) is 10.5 Å². The van der Waals surface area contributed by atoms with E-state index in [1.807, 2.05) is 18.7 Å². The SMILES string of the molecule is CCc1nnc([C@]23CCC[C@H]2CN(C(=O)c2cc(C#N)[nH]c2C)C3)o1. The van der Waals surface area contributed by atoms with Crippen molar-refractivity contribution >= 4 is 5.91 Å². The Balaban J connectivity index is 1.63. The van der Waals surface area contributed by atoms with E-state index in [1.54, 1.807) is 6.07 Å². The molecule has 0 aromatic carbocycles. The third-order valence-corrected chi connectivity index (χ3v) is 5.72. The first-order valence-corrected chi connectivity index (χ1v) is 8.79. The van der Waals surface area contributed by atoms with Gasteiger partial charge < -0.3 is 14.3 Å². The Bertz CT molecular complexity index is 861. The van der Waals surface area contributed by atoms with E-state index < -0.39 is 0 Å². The highest BCUT2D eigenvalue weighted by atomic mass is 16.4. The minimum atomic E-state index is -0.210. The van der Waals surface area contributed by atoms with Crippen LogP contribution < -0.4 is 0 Å². The van der Waals surface area contributed by atoms with Crippen LogP contribution in [0.5, 0.6) is 0 Å². The van der Waals surface area contributed by atoms with Crippen molar-refractivity contribution in [3.05, 3.63) is 34.8 Å². The molecule has 0 spiro atoms. The molecule has 1 saturated carbocycles. The maximum Gasteiger partial charge on any atom is 0.255 e. The molecule has 1 amide bonds. The second kappa shape index (κ2) is 5.73. The molecule has 4 rings (SSSR count). The zero-order valence-corrected chi connectivity index (χ0v) is 14.5. The number of hydrogen-bond donors (Lipinski definition) is 1. The van der Waals surface area contributed by atoms with Crippen molar-refractivity contribution in [3.63, 3.8) is 0 Å². The van der Waals surface area contributed by atoms with Gasteiger partial charge in [-0.1, -0.05) is 13.3 Å². The standard InChI is InChI=1S/C18H21N5O2/c1-3-15-21-22-17(25-15)18-6-4-5-12(18)9-23(10-18)16(24)14-7-13(8-19)20-11(14)2/h7,12,20H,3-6,9-10H2,1-2H3/t12-,18-/m0/s1. The molecule has 25 heavy (non-hydrogen) atoms. The largest absolute Gasteiger partial charge is 0.425 e. The molecule has 2 fully saturated rings. The van der Waals surface area contributed by atoms with Crippen molar-refractivity contribution in [1.82, 2.24) is 20.1 Å². The van der Waals surface area contributed by atoms with Crippen molar-refractivity contribution in [2.24, 2.45) is 5.92 Å². The van der Waals surface area contributed by atoms with E-state index in [2.05, 4.69) is 21.3 Å². The molecule has 130 valence electrons. The number of aromatic amines is 1. The first kappa shape index (κ1) is 15.9. The fourth-order valence-electron chi connectivity index (χ4n) is 4.40. The maximum absolute atomic E-state index is 13.0. The third-order valence-electron chi connectivity index (χ3n) is 5.72. The van der Waals surface area contributed by atoms with Crippen LogP contribution in [-0.2, 0) is 11.8 Å². The lowest BCUT2D eigenvalue weighted by Crippen LogP contribution is -2.35. The van der Waals surface area contributed by atoms with Gasteiger partial charge in [-0.2, -0.15) is 5.26 Å². The number of carbonyl (C=O) groups is 1. The fraction of sp³-hybridized carbons (Fsp3) is 0.556. The molecule has 2 atom stereocenters. The van der Waals surface area contributed by atoms with Crippen molar-refractivity contribution in [3.8, 4) is 6.07 Å². The van der Waals surface area contributed by atoms with Crippen LogP contribution in [0.1, 0.15) is 59.7 Å². The van der Waals surface area contributed by atoms with Gasteiger partial charge in [-0.15, -0.1) is 10.2 Å². The summed E-state index contributed by atoms with van der Waals surface area (Å²) in [6.07, 6.45) is 3.89. The Morgan fingerprint density at radius 3 is 3.08 bits per heavy atom. The van der Waals surface area contributed by atoms with Gasteiger partial charge in [-0.3, -0.25) is 4.79 Å². The smallest absolute Gasteiger partial charge is 0.255 e. The summed E-state index contributed by atoms with van der Waals surface area (Å²) in [6, 6.07) is 3.70. The quantitative estimate of drug-likeness (QED) is 0.925. The molecule has 0 unspecified atom stereocenters. The van der Waals surface area contributed by atoms with Gasteiger partial charge in [0.2, 0.25) is 11.8 Å². The molecule has 7 nitrogen and oxygen atoms in total. The fourth-order valence-corrected chi connectivity index (χ4v) is 4.40. The minimum absolute atomic E-state index is 0.0285. The van der Waals surface area contributed by atoms with E-state index in [0.717, 1.165) is 31.4 Å². The number of rotatable bonds is 3. The van der Waals surface area contributed by atoms with Gasteiger partial charge in [0.25, 0.3) is 5.91 Å². The molecule has 1 saturated heterocycles. The number of carbonyl (C=O) groups excluding carboxylic acids is 1. The number of nitrogens with zero attached hydrogens (tertiary/aromatic N) is 4. The Labute approximate surface area is 146 Å². The molecule has 1 N–H and O–H groups in total. The summed E-state index contributed by atoms with van der Waals surface area (Å²) in [5, 5.41) is 17.5. The Morgan fingerprint density at radius 2 is 2.40 bits per heavy atom. The average Bonchev–Trinajstić information content (AvgIpc) is 3.35. The predicted molar refractivity (Wildman–Crippen MR) is 88.8 cm³/mol. The van der Waals surface area contributed by atoms with Crippen LogP contribution in [0.3, 0.4) is 0 Å². The van der Waals surface area contributed by atoms with Gasteiger partial charge in [0, 0.05) is 25.2 Å². The van der Waals surface area contributed by atoms with E-state index in [9.17, 15) is 4.79 Å². The summed E-state index contributed by atoms with van der Waals surface area (Å²) in [6.45, 7) is 5.13. The van der Waals surface area contributed by atoms with E-state index in [-0.39, 0.29) is 11.3 Å². The zero-order valence-electron chi connectivity index (χ0n) is 14.5. The van der Waals surface area contributed by atoms with Gasteiger partial charge in [0.15, 0.2) is 0 Å². The monoisotopic (exact) mass is 339 g/mol. The average molecular weight is 339 g/mol. The molecule has 1 aliphatic heterocycles. The van der Waals surface area contributed by atoms with Crippen LogP contribution in [0.2, 0.25) is 0 Å². The number of likely N-dealkylation sites (tertiary alicyclic amines) is 1. The van der Waals surface area contributed by atoms with Crippen LogP contribution in [-0.4, -0.2) is 39.1 Å². The molecule has 0 radical (unpaired) electrons. The lowest BCUT2D eigenvalue weighted by molar-refractivity contribution is 0.0775. The van der Waals surface area contributed by atoms with E-state index in [4.69, 9.17) is 9.68 Å². The molecule has 3 heterocycles. The Kier molecular flexibility index (Phi) is 3.64. The number of hydrogen-bond acceptors (Lipinski definition) is 5. The molecule has 2 aliphatic rings. The number of aryl methyl sites for hydroxylation is 2. The molecule has 7 heteroatoms. The van der Waals surface area contributed by atoms with Crippen molar-refractivity contribution < 1.29 is 9.21 Å². The molecule has 0 bridgehead atoms. The molecule has 1 aliphatic carbocycles. The van der Waals surface area contributed by atoms with Gasteiger partial charge in [-0.05, 0) is 31.7 Å². The summed E-state index contributed by atoms with van der Waals surface area (Å²) in [4.78, 5) is 17.8. The second-order valence-electron chi connectivity index (χ2n) is 7.12. The lowest BCUT2D eigenvalue weighted by atomic mass is 9.80. The van der Waals surface area contributed by atoms with Crippen molar-refractivity contribution in [2.75, 3.05) is 13.1 Å². The first-order valence-electron chi connectivity index (χ1n) is 8.79. The maximum atomic E-state index is 13.0. The van der Waals surface area contributed by atoms with Crippen molar-refractivity contribution in [1.29, 1.82) is 5.26 Å². The van der Waals surface area contributed by atoms with Gasteiger partial charge in [0.05, 0.1) is 11.0 Å². The Hall–Kier alpha value is -2.62. The normalized spacial score (nSPS) is 25.2. The highest BCUT2D eigenvalue weighted by molar-refractivity contribution is 5.96. The van der Waals surface area contributed by atoms with Gasteiger partial charge in [-0.25, -0.2) is 0 Å². The van der Waals surface area contributed by atoms with Crippen LogP contribution in [0.4, 0.5) is 0 Å². The highest BCUT2D eigenvalue weighted by Crippen LogP contribution is 2.50. The lowest BCUT2D eigenvalue weighted by Gasteiger charge is -2.24. The summed E-state index contributed by atoms with van der Waals surface area (Å²) < 4.78 is 5.89. The van der Waals surface area contributed by atoms with E-state index in [1.165, 1.54) is 0 Å². The predicted octanol–water partition coefficient (Wildman–Crippen LogP) is 2.33. The number of H-pyrrole nitrogens is 1. The molecular formula is C18H21N5O2. The number of nitriles is 1. The number of amides is 1. The van der Waals surface area contributed by atoms with Crippen LogP contribution >= 0.6 is 0 Å². The highest BCUT2D eigenvalue weighted by Gasteiger charge is 2.55. The topological polar surface area (TPSA) is 98.8 Å². The number of nitrogens with one attached hydrogen (secondary N) is 1. The summed E-state index contributed by atoms with van der Waals surface area (Å²) in [5.41, 5.74) is 1.52. The van der Waals surface area contributed by atoms with Crippen LogP contribution in [0, 0.1) is 24.2 Å². The van der Waals surface area contributed by atoms with E-state index in [0.29, 0.717) is 42.0 Å². The molecule has 2 aromatic rings. The molecular weight excluding hydrogens is 318 g/mol. The van der Waals surface area contributed by atoms with Crippen molar-refractivity contribution in [2.45, 2.75) is 44.9 Å². The summed E-state index contributed by atoms with van der Waals surface area (Å²) >= 11 is 0. The summed E-state index contributed by atoms with van der Waals surface area (Å²) in [5.74, 6) is 1.67. The number of aromatic nitrogens is 3.